The maximum Gasteiger partial charge on any atom is 0.324 e. The van der Waals surface area contributed by atoms with Gasteiger partial charge in [0.05, 0.1) is 23.0 Å². The zero-order valence-electron chi connectivity index (χ0n) is 18.9. The van der Waals surface area contributed by atoms with E-state index in [1.165, 1.54) is 0 Å². The first kappa shape index (κ1) is 21.3. The second-order valence-electron chi connectivity index (χ2n) is 9.52. The van der Waals surface area contributed by atoms with Gasteiger partial charge in [0.15, 0.2) is 0 Å². The van der Waals surface area contributed by atoms with Crippen LogP contribution in [0, 0.1) is 18.3 Å². The highest BCUT2D eigenvalue weighted by Gasteiger charge is 2.41. The summed E-state index contributed by atoms with van der Waals surface area (Å²) in [5.74, 6) is 0. The van der Waals surface area contributed by atoms with E-state index in [1.54, 1.807) is 0 Å². The topological polar surface area (TPSA) is 63.5 Å². The summed E-state index contributed by atoms with van der Waals surface area (Å²) in [5, 5.41) is 9.11. The largest absolute Gasteiger partial charge is 0.324 e. The number of amides is 2. The number of hydrogen-bond acceptors (Lipinski definition) is 4. The van der Waals surface area contributed by atoms with Crippen molar-refractivity contribution in [2.24, 2.45) is 0 Å². The Kier molecular flexibility index (Phi) is 5.72. The monoisotopic (exact) mass is 417 g/mol. The molecule has 0 bridgehead atoms. The molecule has 2 amide bonds. The molecule has 31 heavy (non-hydrogen) atoms. The summed E-state index contributed by atoms with van der Waals surface area (Å²) in [5.41, 5.74) is 4.69. The molecule has 1 aromatic carbocycles. The second-order valence-corrected chi connectivity index (χ2v) is 9.52. The molecule has 0 radical (unpaired) electrons. The Balaban J connectivity index is 1.38. The van der Waals surface area contributed by atoms with Crippen molar-refractivity contribution < 1.29 is 4.79 Å². The number of piperidine rings is 1. The number of aromatic nitrogens is 1. The van der Waals surface area contributed by atoms with Crippen LogP contribution in [-0.4, -0.2) is 53.5 Å². The first-order chi connectivity index (χ1) is 14.8. The molecule has 0 atom stereocenters. The van der Waals surface area contributed by atoms with Gasteiger partial charge in [-0.3, -0.25) is 14.8 Å². The molecule has 2 aliphatic rings. The summed E-state index contributed by atoms with van der Waals surface area (Å²) < 4.78 is 0. The first-order valence-electron chi connectivity index (χ1n) is 11.0. The molecule has 6 nitrogen and oxygen atoms in total. The Morgan fingerprint density at radius 1 is 1.26 bits per heavy atom. The highest BCUT2D eigenvalue weighted by atomic mass is 16.2. The second kappa shape index (κ2) is 8.32. The lowest BCUT2D eigenvalue weighted by Gasteiger charge is -2.38. The normalized spacial score (nSPS) is 18.2. The summed E-state index contributed by atoms with van der Waals surface area (Å²) >= 11 is 0. The third-order valence-corrected chi connectivity index (χ3v) is 6.58. The van der Waals surface area contributed by atoms with Crippen LogP contribution in [0.1, 0.15) is 49.2 Å². The highest BCUT2D eigenvalue weighted by molar-refractivity contribution is 5.94. The smallest absolute Gasteiger partial charge is 0.324 e. The number of rotatable bonds is 3. The van der Waals surface area contributed by atoms with Crippen molar-refractivity contribution in [3.05, 3.63) is 58.9 Å². The van der Waals surface area contributed by atoms with Crippen molar-refractivity contribution in [1.82, 2.24) is 14.8 Å². The summed E-state index contributed by atoms with van der Waals surface area (Å²) in [4.78, 5) is 24.3. The molecule has 1 saturated heterocycles. The molecule has 2 aliphatic heterocycles. The van der Waals surface area contributed by atoms with Gasteiger partial charge < -0.3 is 4.90 Å². The minimum absolute atomic E-state index is 0.0975. The molecule has 0 saturated carbocycles. The molecule has 0 aliphatic carbocycles. The number of pyridine rings is 1. The third-order valence-electron chi connectivity index (χ3n) is 6.58. The van der Waals surface area contributed by atoms with Crippen molar-refractivity contribution >= 4 is 11.7 Å². The molecular formula is C25H31N5O. The highest BCUT2D eigenvalue weighted by Crippen LogP contribution is 2.39. The van der Waals surface area contributed by atoms with Crippen LogP contribution in [0.2, 0.25) is 0 Å². The van der Waals surface area contributed by atoms with E-state index in [-0.39, 0.29) is 11.4 Å². The Morgan fingerprint density at radius 3 is 2.71 bits per heavy atom. The molecule has 1 fully saturated rings. The summed E-state index contributed by atoms with van der Waals surface area (Å²) in [6.07, 6.45) is 1.91. The lowest BCUT2D eigenvalue weighted by Crippen LogP contribution is -2.50. The molecule has 0 unspecified atom stereocenters. The van der Waals surface area contributed by atoms with E-state index in [0.29, 0.717) is 18.2 Å². The van der Waals surface area contributed by atoms with Crippen LogP contribution < -0.4 is 4.90 Å². The average molecular weight is 418 g/mol. The maximum absolute atomic E-state index is 13.4. The van der Waals surface area contributed by atoms with E-state index in [1.807, 2.05) is 47.1 Å². The molecule has 6 heteroatoms. The quantitative estimate of drug-likeness (QED) is 0.755. The van der Waals surface area contributed by atoms with Crippen LogP contribution in [0.4, 0.5) is 10.5 Å². The molecule has 0 N–H and O–H groups in total. The zero-order chi connectivity index (χ0) is 22.2. The Bertz CT molecular complexity index is 1020. The van der Waals surface area contributed by atoms with Crippen LogP contribution in [0.5, 0.6) is 0 Å². The van der Waals surface area contributed by atoms with Crippen LogP contribution in [0.25, 0.3) is 0 Å². The lowest BCUT2D eigenvalue weighted by molar-refractivity contribution is 0.133. The van der Waals surface area contributed by atoms with Crippen molar-refractivity contribution in [3.63, 3.8) is 0 Å². The van der Waals surface area contributed by atoms with Gasteiger partial charge in [0.25, 0.3) is 0 Å². The minimum atomic E-state index is -0.131. The van der Waals surface area contributed by atoms with Gasteiger partial charge in [-0.05, 0) is 56.6 Å². The number of carbonyl (C=O) groups is 1. The number of carbonyl (C=O) groups excluding carboxylic acids is 1. The van der Waals surface area contributed by atoms with Gasteiger partial charge in [-0.15, -0.1) is 0 Å². The Hall–Kier alpha value is -2.91. The minimum Gasteiger partial charge on any atom is -0.324 e. The predicted octanol–water partition coefficient (Wildman–Crippen LogP) is 4.08. The van der Waals surface area contributed by atoms with Crippen molar-refractivity contribution in [2.45, 2.75) is 51.6 Å². The van der Waals surface area contributed by atoms with E-state index >= 15 is 0 Å². The zero-order valence-corrected chi connectivity index (χ0v) is 18.9. The fourth-order valence-corrected chi connectivity index (χ4v) is 4.82. The first-order valence-corrected chi connectivity index (χ1v) is 11.0. The third kappa shape index (κ3) is 4.28. The van der Waals surface area contributed by atoms with E-state index in [2.05, 4.69) is 37.9 Å². The van der Waals surface area contributed by atoms with Crippen LogP contribution in [-0.2, 0) is 12.0 Å². The van der Waals surface area contributed by atoms with Crippen LogP contribution in [0.15, 0.2) is 36.4 Å². The van der Waals surface area contributed by atoms with Crippen molar-refractivity contribution in [3.8, 4) is 6.07 Å². The van der Waals surface area contributed by atoms with Gasteiger partial charge in [-0.25, -0.2) is 4.79 Å². The standard InChI is InChI=1S/C25H31N5O/c1-18-8-9-22-23(27-18)25(2,3)17-30(22)24(31)29-12-10-21(11-13-29)28(4)16-20-7-5-6-19(14-20)15-26/h5-9,14,21H,10-13,16-17H2,1-4H3. The fraction of sp³-hybridized carbons (Fsp3) is 0.480. The van der Waals surface area contributed by atoms with Gasteiger partial charge >= 0.3 is 6.03 Å². The molecule has 4 rings (SSSR count). The predicted molar refractivity (Wildman–Crippen MR) is 122 cm³/mol. The number of hydrogen-bond donors (Lipinski definition) is 0. The Morgan fingerprint density at radius 2 is 2.00 bits per heavy atom. The van der Waals surface area contributed by atoms with Crippen LogP contribution in [0.3, 0.4) is 0 Å². The molecule has 3 heterocycles. The van der Waals surface area contributed by atoms with Gasteiger partial charge in [0.2, 0.25) is 0 Å². The van der Waals surface area contributed by atoms with E-state index in [0.717, 1.165) is 55.1 Å². The number of nitriles is 1. The number of anilines is 1. The fourth-order valence-electron chi connectivity index (χ4n) is 4.82. The average Bonchev–Trinajstić information content (AvgIpc) is 3.03. The SMILES string of the molecule is Cc1ccc2c(n1)C(C)(C)CN2C(=O)N1CCC(N(C)Cc2cccc(C#N)c2)CC1. The summed E-state index contributed by atoms with van der Waals surface area (Å²) in [7, 11) is 2.13. The maximum atomic E-state index is 13.4. The number of likely N-dealkylation sites (tertiary alicyclic amines) is 1. The molecule has 0 spiro atoms. The molecule has 162 valence electrons. The van der Waals surface area contributed by atoms with Gasteiger partial charge in [-0.1, -0.05) is 26.0 Å². The van der Waals surface area contributed by atoms with Gasteiger partial charge in [0, 0.05) is 43.3 Å². The van der Waals surface area contributed by atoms with Crippen molar-refractivity contribution in [1.29, 1.82) is 5.26 Å². The number of nitrogens with zero attached hydrogens (tertiary/aromatic N) is 5. The van der Waals surface area contributed by atoms with Gasteiger partial charge in [0.1, 0.15) is 0 Å². The number of aryl methyl sites for hydroxylation is 1. The molecule has 1 aromatic heterocycles. The van der Waals surface area contributed by atoms with E-state index in [9.17, 15) is 4.79 Å². The molecule has 2 aromatic rings. The number of fused-ring (bicyclic) bond motifs is 1. The summed E-state index contributed by atoms with van der Waals surface area (Å²) in [6.45, 7) is 9.33. The van der Waals surface area contributed by atoms with E-state index < -0.39 is 0 Å². The molecular weight excluding hydrogens is 386 g/mol. The summed E-state index contributed by atoms with van der Waals surface area (Å²) in [6, 6.07) is 14.6. The van der Waals surface area contributed by atoms with Crippen LogP contribution >= 0.6 is 0 Å². The number of benzene rings is 1. The number of urea groups is 1. The van der Waals surface area contributed by atoms with E-state index in [4.69, 9.17) is 10.2 Å². The van der Waals surface area contributed by atoms with Crippen molar-refractivity contribution in [2.75, 3.05) is 31.6 Å². The van der Waals surface area contributed by atoms with Gasteiger partial charge in [-0.2, -0.15) is 5.26 Å². The Labute approximate surface area is 185 Å². The lowest BCUT2D eigenvalue weighted by atomic mass is 9.91.